The first-order chi connectivity index (χ1) is 14.7. The smallest absolute Gasteiger partial charge is 0.227 e. The average molecular weight is 422 g/mol. The van der Waals surface area contributed by atoms with E-state index in [-0.39, 0.29) is 11.8 Å². The standard InChI is InChI=1S/C24H24ClN3O2/c25-20-6-4-18(5-7-20)17-30-23-3-1-2-21(16-23)27-24(29)19-10-14-28(15-11-19)22-8-12-26-13-9-22/h1-9,12-13,16,19H,10-11,14-15,17H2,(H,27,29). The van der Waals surface area contributed by atoms with E-state index in [0.717, 1.165) is 48.6 Å². The molecule has 3 aromatic rings. The lowest BCUT2D eigenvalue weighted by Gasteiger charge is -2.32. The maximum absolute atomic E-state index is 12.7. The van der Waals surface area contributed by atoms with Crippen LogP contribution in [0.1, 0.15) is 18.4 Å². The summed E-state index contributed by atoms with van der Waals surface area (Å²) in [6, 6.07) is 19.1. The maximum atomic E-state index is 12.7. The Hall–Kier alpha value is -3.05. The van der Waals surface area contributed by atoms with Gasteiger partial charge in [0.1, 0.15) is 12.4 Å². The number of carbonyl (C=O) groups is 1. The highest BCUT2D eigenvalue weighted by atomic mass is 35.5. The molecule has 0 unspecified atom stereocenters. The quantitative estimate of drug-likeness (QED) is 0.596. The number of halogens is 1. The summed E-state index contributed by atoms with van der Waals surface area (Å²) in [4.78, 5) is 19.1. The number of benzene rings is 2. The largest absolute Gasteiger partial charge is 0.489 e. The van der Waals surface area contributed by atoms with E-state index in [9.17, 15) is 4.79 Å². The van der Waals surface area contributed by atoms with E-state index in [1.807, 2.05) is 60.7 Å². The van der Waals surface area contributed by atoms with Crippen molar-refractivity contribution >= 4 is 28.9 Å². The van der Waals surface area contributed by atoms with Crippen LogP contribution in [0.3, 0.4) is 0 Å². The summed E-state index contributed by atoms with van der Waals surface area (Å²) >= 11 is 5.92. The van der Waals surface area contributed by atoms with Gasteiger partial charge in [0.15, 0.2) is 0 Å². The van der Waals surface area contributed by atoms with Gasteiger partial charge in [-0.3, -0.25) is 9.78 Å². The number of carbonyl (C=O) groups excluding carboxylic acids is 1. The maximum Gasteiger partial charge on any atom is 0.227 e. The molecule has 0 aliphatic carbocycles. The molecule has 154 valence electrons. The van der Waals surface area contributed by atoms with Crippen LogP contribution in [-0.2, 0) is 11.4 Å². The third-order valence-electron chi connectivity index (χ3n) is 5.31. The summed E-state index contributed by atoms with van der Waals surface area (Å²) in [5, 5.41) is 3.75. The second kappa shape index (κ2) is 9.63. The number of hydrogen-bond donors (Lipinski definition) is 1. The van der Waals surface area contributed by atoms with Crippen LogP contribution < -0.4 is 15.0 Å². The van der Waals surface area contributed by atoms with Crippen LogP contribution >= 0.6 is 11.6 Å². The van der Waals surface area contributed by atoms with Crippen LogP contribution in [0.15, 0.2) is 73.1 Å². The highest BCUT2D eigenvalue weighted by Crippen LogP contribution is 2.25. The number of pyridine rings is 1. The molecule has 1 N–H and O–H groups in total. The Morgan fingerprint density at radius 3 is 2.53 bits per heavy atom. The minimum atomic E-state index is 0.0155. The summed E-state index contributed by atoms with van der Waals surface area (Å²) in [7, 11) is 0. The molecule has 0 atom stereocenters. The fourth-order valence-corrected chi connectivity index (χ4v) is 3.74. The van der Waals surface area contributed by atoms with E-state index in [0.29, 0.717) is 11.6 Å². The minimum absolute atomic E-state index is 0.0155. The fraction of sp³-hybridized carbons (Fsp3) is 0.250. The third kappa shape index (κ3) is 5.30. The zero-order valence-electron chi connectivity index (χ0n) is 16.6. The Morgan fingerprint density at radius 2 is 1.80 bits per heavy atom. The first-order valence-electron chi connectivity index (χ1n) is 10.1. The predicted molar refractivity (Wildman–Crippen MR) is 120 cm³/mol. The summed E-state index contributed by atoms with van der Waals surface area (Å²) in [6.07, 6.45) is 5.27. The summed E-state index contributed by atoms with van der Waals surface area (Å²) < 4.78 is 5.86. The van der Waals surface area contributed by atoms with Crippen molar-refractivity contribution in [2.75, 3.05) is 23.3 Å². The van der Waals surface area contributed by atoms with Crippen LogP contribution in [0.25, 0.3) is 0 Å². The van der Waals surface area contributed by atoms with Crippen molar-refractivity contribution in [3.8, 4) is 5.75 Å². The number of nitrogens with zero attached hydrogens (tertiary/aromatic N) is 2. The number of anilines is 2. The van der Waals surface area contributed by atoms with Gasteiger partial charge in [0.05, 0.1) is 0 Å². The Kier molecular flexibility index (Phi) is 6.50. The predicted octanol–water partition coefficient (Wildman–Crippen LogP) is 5.17. The Bertz CT molecular complexity index is 971. The highest BCUT2D eigenvalue weighted by molar-refractivity contribution is 6.30. The highest BCUT2D eigenvalue weighted by Gasteiger charge is 2.25. The fourth-order valence-electron chi connectivity index (χ4n) is 3.61. The molecule has 0 bridgehead atoms. The molecule has 4 rings (SSSR count). The van der Waals surface area contributed by atoms with Gasteiger partial charge in [-0.1, -0.05) is 29.8 Å². The molecule has 1 aliphatic heterocycles. The molecule has 1 aromatic heterocycles. The van der Waals surface area contributed by atoms with Crippen LogP contribution in [0.5, 0.6) is 5.75 Å². The summed E-state index contributed by atoms with van der Waals surface area (Å²) in [5.41, 5.74) is 2.95. The van der Waals surface area contributed by atoms with Crippen molar-refractivity contribution in [1.82, 2.24) is 4.98 Å². The van der Waals surface area contributed by atoms with Gasteiger partial charge in [-0.25, -0.2) is 0 Å². The number of piperidine rings is 1. The first kappa shape index (κ1) is 20.2. The third-order valence-corrected chi connectivity index (χ3v) is 5.57. The summed E-state index contributed by atoms with van der Waals surface area (Å²) in [6.45, 7) is 2.18. The van der Waals surface area contributed by atoms with Gasteiger partial charge in [-0.05, 0) is 54.8 Å². The molecule has 30 heavy (non-hydrogen) atoms. The number of aromatic nitrogens is 1. The van der Waals surface area contributed by atoms with Crippen molar-refractivity contribution in [3.63, 3.8) is 0 Å². The lowest BCUT2D eigenvalue weighted by Crippen LogP contribution is -2.38. The van der Waals surface area contributed by atoms with Crippen molar-refractivity contribution in [2.45, 2.75) is 19.4 Å². The topological polar surface area (TPSA) is 54.5 Å². The van der Waals surface area contributed by atoms with E-state index < -0.39 is 0 Å². The van der Waals surface area contributed by atoms with Crippen LogP contribution in [-0.4, -0.2) is 24.0 Å². The van der Waals surface area contributed by atoms with Gasteiger partial charge >= 0.3 is 0 Å². The van der Waals surface area contributed by atoms with Gasteiger partial charge in [0.2, 0.25) is 5.91 Å². The monoisotopic (exact) mass is 421 g/mol. The number of ether oxygens (including phenoxy) is 1. The van der Waals surface area contributed by atoms with Gasteiger partial charge in [-0.15, -0.1) is 0 Å². The second-order valence-corrected chi connectivity index (χ2v) is 7.84. The zero-order chi connectivity index (χ0) is 20.8. The van der Waals surface area contributed by atoms with E-state index in [1.54, 1.807) is 12.4 Å². The molecule has 0 saturated carbocycles. The van der Waals surface area contributed by atoms with Gasteiger partial charge < -0.3 is 15.0 Å². The van der Waals surface area contributed by atoms with Crippen LogP contribution in [0, 0.1) is 5.92 Å². The van der Waals surface area contributed by atoms with Gasteiger partial charge in [0, 0.05) is 53.9 Å². The van der Waals surface area contributed by atoms with Crippen molar-refractivity contribution in [2.24, 2.45) is 5.92 Å². The molecule has 5 nitrogen and oxygen atoms in total. The molecular weight excluding hydrogens is 398 g/mol. The second-order valence-electron chi connectivity index (χ2n) is 7.40. The molecule has 1 saturated heterocycles. The minimum Gasteiger partial charge on any atom is -0.489 e. The first-order valence-corrected chi connectivity index (χ1v) is 10.5. The molecule has 1 amide bonds. The molecule has 1 aliphatic rings. The van der Waals surface area contributed by atoms with Crippen LogP contribution in [0.4, 0.5) is 11.4 Å². The number of rotatable bonds is 6. The molecule has 1 fully saturated rings. The molecular formula is C24H24ClN3O2. The zero-order valence-corrected chi connectivity index (χ0v) is 17.4. The van der Waals surface area contributed by atoms with Crippen molar-refractivity contribution in [3.05, 3.63) is 83.6 Å². The van der Waals surface area contributed by atoms with E-state index >= 15 is 0 Å². The number of nitrogens with one attached hydrogen (secondary N) is 1. The SMILES string of the molecule is O=C(Nc1cccc(OCc2ccc(Cl)cc2)c1)C1CCN(c2ccncc2)CC1. The van der Waals surface area contributed by atoms with E-state index in [4.69, 9.17) is 16.3 Å². The lowest BCUT2D eigenvalue weighted by atomic mass is 9.95. The van der Waals surface area contributed by atoms with E-state index in [1.165, 1.54) is 0 Å². The molecule has 0 radical (unpaired) electrons. The lowest BCUT2D eigenvalue weighted by molar-refractivity contribution is -0.120. The van der Waals surface area contributed by atoms with Crippen molar-refractivity contribution < 1.29 is 9.53 Å². The molecule has 6 heteroatoms. The van der Waals surface area contributed by atoms with Gasteiger partial charge in [-0.2, -0.15) is 0 Å². The number of hydrogen-bond acceptors (Lipinski definition) is 4. The molecule has 2 heterocycles. The average Bonchev–Trinajstić information content (AvgIpc) is 2.80. The summed E-state index contributed by atoms with van der Waals surface area (Å²) in [5.74, 6) is 0.802. The Morgan fingerprint density at radius 1 is 1.07 bits per heavy atom. The number of amides is 1. The van der Waals surface area contributed by atoms with Crippen molar-refractivity contribution in [1.29, 1.82) is 0 Å². The van der Waals surface area contributed by atoms with Crippen LogP contribution in [0.2, 0.25) is 5.02 Å². The van der Waals surface area contributed by atoms with Gasteiger partial charge in [0.25, 0.3) is 0 Å². The Labute approximate surface area is 181 Å². The molecule has 0 spiro atoms. The molecule has 2 aromatic carbocycles. The Balaban J connectivity index is 1.29. The van der Waals surface area contributed by atoms with E-state index in [2.05, 4.69) is 15.2 Å². The normalized spacial score (nSPS) is 14.4.